The largest absolute Gasteiger partial charge is 0.376 e. The Labute approximate surface area is 103 Å². The molecule has 1 amide bonds. The standard InChI is InChI=1S/C13H24N2O2/c1-8-4-3-5-10(14)12(8)13(16)15-11-6-7-17-9(11)2/h8-12H,3-7,14H2,1-2H3,(H,15,16). The van der Waals surface area contributed by atoms with Crippen molar-refractivity contribution < 1.29 is 9.53 Å². The average molecular weight is 240 g/mol. The first-order valence-corrected chi connectivity index (χ1v) is 6.77. The van der Waals surface area contributed by atoms with Gasteiger partial charge >= 0.3 is 0 Å². The van der Waals surface area contributed by atoms with Crippen LogP contribution < -0.4 is 11.1 Å². The first kappa shape index (κ1) is 12.8. The van der Waals surface area contributed by atoms with Gasteiger partial charge in [0.1, 0.15) is 0 Å². The first-order valence-electron chi connectivity index (χ1n) is 6.77. The molecule has 4 heteroatoms. The molecule has 0 aromatic rings. The fourth-order valence-electron chi connectivity index (χ4n) is 3.11. The monoisotopic (exact) mass is 240 g/mol. The van der Waals surface area contributed by atoms with E-state index >= 15 is 0 Å². The fraction of sp³-hybridized carbons (Fsp3) is 0.923. The summed E-state index contributed by atoms with van der Waals surface area (Å²) in [7, 11) is 0. The highest BCUT2D eigenvalue weighted by Gasteiger charge is 2.36. The lowest BCUT2D eigenvalue weighted by atomic mass is 9.76. The van der Waals surface area contributed by atoms with Gasteiger partial charge in [-0.25, -0.2) is 0 Å². The topological polar surface area (TPSA) is 64.4 Å². The highest BCUT2D eigenvalue weighted by Crippen LogP contribution is 2.29. The van der Waals surface area contributed by atoms with Gasteiger partial charge in [-0.1, -0.05) is 13.3 Å². The van der Waals surface area contributed by atoms with Crippen LogP contribution in [0.4, 0.5) is 0 Å². The van der Waals surface area contributed by atoms with Gasteiger partial charge < -0.3 is 15.8 Å². The Hall–Kier alpha value is -0.610. The quantitative estimate of drug-likeness (QED) is 0.758. The van der Waals surface area contributed by atoms with Crippen LogP contribution in [0.5, 0.6) is 0 Å². The molecule has 0 aromatic carbocycles. The van der Waals surface area contributed by atoms with Gasteiger partial charge in [0.25, 0.3) is 0 Å². The number of rotatable bonds is 2. The molecule has 3 N–H and O–H groups in total. The lowest BCUT2D eigenvalue weighted by Crippen LogP contribution is -2.51. The summed E-state index contributed by atoms with van der Waals surface area (Å²) in [5.74, 6) is 0.514. The summed E-state index contributed by atoms with van der Waals surface area (Å²) in [6.45, 7) is 4.90. The zero-order valence-electron chi connectivity index (χ0n) is 10.8. The van der Waals surface area contributed by atoms with E-state index in [2.05, 4.69) is 12.2 Å². The Morgan fingerprint density at radius 1 is 1.29 bits per heavy atom. The van der Waals surface area contributed by atoms with Gasteiger partial charge in [0.2, 0.25) is 5.91 Å². The van der Waals surface area contributed by atoms with E-state index in [4.69, 9.17) is 10.5 Å². The van der Waals surface area contributed by atoms with Crippen LogP contribution in [-0.2, 0) is 9.53 Å². The number of nitrogens with one attached hydrogen (secondary N) is 1. The summed E-state index contributed by atoms with van der Waals surface area (Å²) in [5.41, 5.74) is 6.09. The second-order valence-corrected chi connectivity index (χ2v) is 5.58. The van der Waals surface area contributed by atoms with Gasteiger partial charge in [-0.05, 0) is 32.1 Å². The molecule has 5 atom stereocenters. The maximum absolute atomic E-state index is 12.3. The number of hydrogen-bond donors (Lipinski definition) is 2. The molecule has 0 radical (unpaired) electrons. The van der Waals surface area contributed by atoms with Gasteiger partial charge in [-0.2, -0.15) is 0 Å². The number of hydrogen-bond acceptors (Lipinski definition) is 3. The lowest BCUT2D eigenvalue weighted by Gasteiger charge is -2.34. The van der Waals surface area contributed by atoms with E-state index in [0.717, 1.165) is 32.3 Å². The molecule has 0 aromatic heterocycles. The SMILES string of the molecule is CC1CCCC(N)C1C(=O)NC1CCOC1C. The second kappa shape index (κ2) is 5.36. The molecule has 2 fully saturated rings. The van der Waals surface area contributed by atoms with E-state index in [1.54, 1.807) is 0 Å². The average Bonchev–Trinajstić information content (AvgIpc) is 2.64. The van der Waals surface area contributed by atoms with Crippen LogP contribution in [-0.4, -0.2) is 30.7 Å². The van der Waals surface area contributed by atoms with Crippen molar-refractivity contribution in [3.05, 3.63) is 0 Å². The van der Waals surface area contributed by atoms with Crippen molar-refractivity contribution in [2.45, 2.75) is 57.7 Å². The molecular formula is C13H24N2O2. The van der Waals surface area contributed by atoms with Crippen molar-refractivity contribution >= 4 is 5.91 Å². The van der Waals surface area contributed by atoms with Gasteiger partial charge in [-0.15, -0.1) is 0 Å². The van der Waals surface area contributed by atoms with Crippen molar-refractivity contribution in [3.63, 3.8) is 0 Å². The smallest absolute Gasteiger partial charge is 0.225 e. The number of amides is 1. The molecule has 98 valence electrons. The summed E-state index contributed by atoms with van der Waals surface area (Å²) < 4.78 is 5.46. The van der Waals surface area contributed by atoms with Crippen molar-refractivity contribution in [3.8, 4) is 0 Å². The van der Waals surface area contributed by atoms with Crippen LogP contribution in [0.1, 0.15) is 39.5 Å². The van der Waals surface area contributed by atoms with Crippen molar-refractivity contribution in [2.75, 3.05) is 6.61 Å². The molecule has 1 aliphatic heterocycles. The maximum Gasteiger partial charge on any atom is 0.225 e. The molecule has 2 rings (SSSR count). The van der Waals surface area contributed by atoms with Gasteiger partial charge in [0.15, 0.2) is 0 Å². The number of carbonyl (C=O) groups excluding carboxylic acids is 1. The van der Waals surface area contributed by atoms with Crippen LogP contribution in [0.3, 0.4) is 0 Å². The molecule has 4 nitrogen and oxygen atoms in total. The van der Waals surface area contributed by atoms with Crippen LogP contribution in [0.25, 0.3) is 0 Å². The van der Waals surface area contributed by atoms with E-state index < -0.39 is 0 Å². The molecule has 17 heavy (non-hydrogen) atoms. The minimum absolute atomic E-state index is 0.0171. The highest BCUT2D eigenvalue weighted by molar-refractivity contribution is 5.80. The summed E-state index contributed by atoms with van der Waals surface area (Å²) in [5, 5.41) is 3.12. The van der Waals surface area contributed by atoms with Crippen LogP contribution in [0, 0.1) is 11.8 Å². The van der Waals surface area contributed by atoms with E-state index in [9.17, 15) is 4.79 Å². The molecule has 0 spiro atoms. The highest BCUT2D eigenvalue weighted by atomic mass is 16.5. The molecule has 1 saturated carbocycles. The van der Waals surface area contributed by atoms with Gasteiger partial charge in [-0.3, -0.25) is 4.79 Å². The molecule has 1 aliphatic carbocycles. The molecule has 1 heterocycles. The Kier molecular flexibility index (Phi) is 4.05. The zero-order valence-corrected chi connectivity index (χ0v) is 10.8. The van der Waals surface area contributed by atoms with E-state index in [1.807, 2.05) is 6.92 Å². The van der Waals surface area contributed by atoms with E-state index in [1.165, 1.54) is 0 Å². The van der Waals surface area contributed by atoms with Gasteiger partial charge in [0.05, 0.1) is 18.1 Å². The Balaban J connectivity index is 1.93. The lowest BCUT2D eigenvalue weighted by molar-refractivity contribution is -0.129. The van der Waals surface area contributed by atoms with Gasteiger partial charge in [0, 0.05) is 12.6 Å². The van der Waals surface area contributed by atoms with Crippen LogP contribution in [0.15, 0.2) is 0 Å². The third kappa shape index (κ3) is 2.80. The number of ether oxygens (including phenoxy) is 1. The predicted molar refractivity (Wildman–Crippen MR) is 66.4 cm³/mol. The molecule has 5 unspecified atom stereocenters. The third-order valence-electron chi connectivity index (χ3n) is 4.28. The predicted octanol–water partition coefficient (Wildman–Crippen LogP) is 1.04. The first-order chi connectivity index (χ1) is 8.09. The maximum atomic E-state index is 12.3. The summed E-state index contributed by atoms with van der Waals surface area (Å²) in [6, 6.07) is 0.195. The zero-order chi connectivity index (χ0) is 12.4. The third-order valence-corrected chi connectivity index (χ3v) is 4.28. The van der Waals surface area contributed by atoms with Crippen molar-refractivity contribution in [1.29, 1.82) is 0 Å². The minimum atomic E-state index is -0.0171. The summed E-state index contributed by atoms with van der Waals surface area (Å²) in [4.78, 5) is 12.3. The second-order valence-electron chi connectivity index (χ2n) is 5.58. The normalized spacial score (nSPS) is 42.4. The Morgan fingerprint density at radius 3 is 2.65 bits per heavy atom. The molecule has 2 aliphatic rings. The Morgan fingerprint density at radius 2 is 2.06 bits per heavy atom. The minimum Gasteiger partial charge on any atom is -0.376 e. The van der Waals surface area contributed by atoms with E-state index in [0.29, 0.717) is 5.92 Å². The van der Waals surface area contributed by atoms with Crippen LogP contribution >= 0.6 is 0 Å². The van der Waals surface area contributed by atoms with Crippen molar-refractivity contribution in [2.24, 2.45) is 17.6 Å². The molecular weight excluding hydrogens is 216 g/mol. The Bertz CT molecular complexity index is 273. The summed E-state index contributed by atoms with van der Waals surface area (Å²) in [6.07, 6.45) is 4.29. The van der Waals surface area contributed by atoms with Crippen molar-refractivity contribution in [1.82, 2.24) is 5.32 Å². The molecule has 1 saturated heterocycles. The number of carbonyl (C=O) groups is 1. The molecule has 0 bridgehead atoms. The van der Waals surface area contributed by atoms with Crippen LogP contribution in [0.2, 0.25) is 0 Å². The number of nitrogens with two attached hydrogens (primary N) is 1. The fourth-order valence-corrected chi connectivity index (χ4v) is 3.11. The summed E-state index contributed by atoms with van der Waals surface area (Å²) >= 11 is 0. The van der Waals surface area contributed by atoms with E-state index in [-0.39, 0.29) is 30.0 Å².